The van der Waals surface area contributed by atoms with E-state index in [1.54, 1.807) is 42.5 Å². The van der Waals surface area contributed by atoms with Crippen molar-refractivity contribution in [3.05, 3.63) is 93.5 Å². The van der Waals surface area contributed by atoms with Gasteiger partial charge in [-0.25, -0.2) is 8.78 Å². The fourth-order valence-corrected chi connectivity index (χ4v) is 4.58. The molecule has 0 aromatic heterocycles. The zero-order valence-corrected chi connectivity index (χ0v) is 25.9. The highest BCUT2D eigenvalue weighted by atomic mass is 35.5. The average molecular weight is 607 g/mol. The third-order valence-corrected chi connectivity index (χ3v) is 6.54. The molecule has 41 heavy (non-hydrogen) atoms. The topological polar surface area (TPSA) is 88.1 Å². The van der Waals surface area contributed by atoms with Crippen LogP contribution in [0.2, 0.25) is 10.0 Å². The Kier molecular flexibility index (Phi) is 15.4. The molecule has 0 bridgehead atoms. The average Bonchev–Trinajstić information content (AvgIpc) is 3.32. The lowest BCUT2D eigenvalue weighted by Gasteiger charge is -2.26. The van der Waals surface area contributed by atoms with Crippen molar-refractivity contribution in [3.8, 4) is 11.8 Å². The first kappa shape index (κ1) is 35.8. The van der Waals surface area contributed by atoms with Gasteiger partial charge >= 0.3 is 0 Å². The van der Waals surface area contributed by atoms with Crippen LogP contribution in [0.5, 0.6) is 5.75 Å². The first-order valence-corrected chi connectivity index (χ1v) is 14.0. The van der Waals surface area contributed by atoms with Crippen LogP contribution in [-0.2, 0) is 0 Å². The second kappa shape index (κ2) is 17.6. The smallest absolute Gasteiger partial charge is 0.150 e. The van der Waals surface area contributed by atoms with Gasteiger partial charge in [-0.05, 0) is 59.9 Å². The zero-order valence-electron chi connectivity index (χ0n) is 24.4. The van der Waals surface area contributed by atoms with Crippen LogP contribution in [0.25, 0.3) is 0 Å². The van der Waals surface area contributed by atoms with Crippen molar-refractivity contribution in [1.29, 1.82) is 5.26 Å². The molecular formula is C32H39Cl2F2N3O2. The van der Waals surface area contributed by atoms with Gasteiger partial charge in [0.15, 0.2) is 0 Å². The predicted molar refractivity (Wildman–Crippen MR) is 165 cm³/mol. The highest BCUT2D eigenvalue weighted by Crippen LogP contribution is 2.38. The molecule has 9 heteroatoms. The van der Waals surface area contributed by atoms with E-state index in [4.69, 9.17) is 33.7 Å². The summed E-state index contributed by atoms with van der Waals surface area (Å²) in [5.41, 5.74) is 7.30. The molecule has 0 radical (unpaired) electrons. The molecule has 5 nitrogen and oxygen atoms in total. The van der Waals surface area contributed by atoms with Crippen LogP contribution < -0.4 is 15.8 Å². The van der Waals surface area contributed by atoms with Gasteiger partial charge in [0.05, 0.1) is 29.8 Å². The fraction of sp³-hybridized carbons (Fsp3) is 0.375. The first-order valence-electron chi connectivity index (χ1n) is 13.3. The Hall–Kier alpha value is -3.18. The third kappa shape index (κ3) is 11.7. The lowest BCUT2D eigenvalue weighted by atomic mass is 9.79. The van der Waals surface area contributed by atoms with Gasteiger partial charge in [0, 0.05) is 29.1 Å². The van der Waals surface area contributed by atoms with E-state index in [1.165, 1.54) is 25.3 Å². The number of halogens is 4. The van der Waals surface area contributed by atoms with Gasteiger partial charge in [0.1, 0.15) is 23.7 Å². The molecule has 0 saturated carbocycles. The van der Waals surface area contributed by atoms with Crippen LogP contribution in [0.1, 0.15) is 62.9 Å². The molecule has 3 atom stereocenters. The minimum Gasteiger partial charge on any atom is -0.495 e. The number of ether oxygens (including phenoxy) is 1. The predicted octanol–water partition coefficient (Wildman–Crippen LogP) is 8.71. The van der Waals surface area contributed by atoms with Crippen LogP contribution in [0.15, 0.2) is 60.7 Å². The number of nitrogens with two attached hydrogens (primary N) is 1. The lowest BCUT2D eigenvalue weighted by Crippen LogP contribution is -2.31. The van der Waals surface area contributed by atoms with E-state index in [0.717, 1.165) is 12.7 Å². The van der Waals surface area contributed by atoms with Gasteiger partial charge in [-0.1, -0.05) is 76.0 Å². The van der Waals surface area contributed by atoms with Crippen LogP contribution >= 0.6 is 23.2 Å². The maximum Gasteiger partial charge on any atom is 0.150 e. The molecule has 4 rings (SSSR count). The number of hydrogen-bond acceptors (Lipinski definition) is 5. The number of nitrogens with zero attached hydrogens (tertiary/aromatic N) is 1. The number of rotatable bonds is 4. The number of benzene rings is 3. The molecule has 3 aromatic rings. The van der Waals surface area contributed by atoms with Crippen molar-refractivity contribution in [3.63, 3.8) is 0 Å². The third-order valence-electron chi connectivity index (χ3n) is 6.01. The normalized spacial score (nSPS) is 17.3. The Morgan fingerprint density at radius 2 is 1.76 bits per heavy atom. The molecule has 3 aromatic carbocycles. The molecule has 1 heterocycles. The van der Waals surface area contributed by atoms with Crippen LogP contribution in [0.4, 0.5) is 14.5 Å². The van der Waals surface area contributed by atoms with Gasteiger partial charge in [-0.2, -0.15) is 5.26 Å². The quantitative estimate of drug-likeness (QED) is 0.229. The first-order chi connectivity index (χ1) is 19.4. The van der Waals surface area contributed by atoms with E-state index in [-0.39, 0.29) is 34.1 Å². The number of hydrogen-bond donors (Lipinski definition) is 2. The van der Waals surface area contributed by atoms with Crippen molar-refractivity contribution >= 4 is 35.2 Å². The van der Waals surface area contributed by atoms with Crippen molar-refractivity contribution in [2.75, 3.05) is 19.4 Å². The highest BCUT2D eigenvalue weighted by molar-refractivity contribution is 6.31. The number of carbonyl (C=O) groups excluding carboxylic acids is 1. The number of methoxy groups -OCH3 is 1. The lowest BCUT2D eigenvalue weighted by molar-refractivity contribution is 0.112. The van der Waals surface area contributed by atoms with Gasteiger partial charge in [-0.3, -0.25) is 4.79 Å². The Balaban J connectivity index is 0.000000335. The van der Waals surface area contributed by atoms with E-state index >= 15 is 0 Å². The molecule has 0 amide bonds. The van der Waals surface area contributed by atoms with Crippen molar-refractivity contribution < 1.29 is 18.3 Å². The van der Waals surface area contributed by atoms with E-state index in [0.29, 0.717) is 34.1 Å². The number of carbonyl (C=O) groups is 1. The SMILES string of the molecule is CC.CC(C)(C)CC1NCC(c2cccc(Cl)c2F)C1C#N.COc1cc(C=O)ccc1N.Fc1cccc(Cl)c1. The maximum absolute atomic E-state index is 14.2. The highest BCUT2D eigenvalue weighted by Gasteiger charge is 2.39. The molecule has 222 valence electrons. The number of nitriles is 1. The molecule has 3 unspecified atom stereocenters. The second-order valence-electron chi connectivity index (χ2n) is 10.2. The Morgan fingerprint density at radius 3 is 2.27 bits per heavy atom. The summed E-state index contributed by atoms with van der Waals surface area (Å²) in [5, 5.41) is 13.4. The van der Waals surface area contributed by atoms with E-state index in [9.17, 15) is 18.8 Å². The summed E-state index contributed by atoms with van der Waals surface area (Å²) < 4.78 is 31.1. The van der Waals surface area contributed by atoms with E-state index in [1.807, 2.05) is 13.8 Å². The molecule has 1 aliphatic heterocycles. The Morgan fingerprint density at radius 1 is 1.10 bits per heavy atom. The molecule has 3 N–H and O–H groups in total. The van der Waals surface area contributed by atoms with E-state index in [2.05, 4.69) is 32.2 Å². The Labute approximate surface area is 252 Å². The van der Waals surface area contributed by atoms with Crippen LogP contribution in [-0.4, -0.2) is 26.0 Å². The standard InChI is InChI=1S/C16H20ClFN2.C8H9NO2.C6H4ClF.C2H6/c1-16(2,3)7-14-11(8-19)12(9-20-14)10-5-4-6-13(17)15(10)18;1-11-8-4-6(5-10)2-3-7(8)9;7-5-2-1-3-6(8)4-5;1-2/h4-6,11-12,14,20H,7,9H2,1-3H3;2-5H,9H2,1H3;1-4H;1-2H3. The number of aldehydes is 1. The molecule has 1 fully saturated rings. The molecular weight excluding hydrogens is 567 g/mol. The van der Waals surface area contributed by atoms with Gasteiger partial charge in [-0.15, -0.1) is 0 Å². The fourth-order valence-electron chi connectivity index (χ4n) is 4.22. The summed E-state index contributed by atoms with van der Waals surface area (Å²) in [7, 11) is 1.51. The summed E-state index contributed by atoms with van der Waals surface area (Å²) >= 11 is 11.3. The van der Waals surface area contributed by atoms with Crippen molar-refractivity contribution in [2.45, 2.75) is 53.0 Å². The number of nitrogen functional groups attached to an aromatic ring is 1. The Bertz CT molecular complexity index is 1280. The van der Waals surface area contributed by atoms with Gasteiger partial charge in [0.25, 0.3) is 0 Å². The number of anilines is 1. The summed E-state index contributed by atoms with van der Waals surface area (Å²) in [4.78, 5) is 10.3. The molecule has 1 saturated heterocycles. The van der Waals surface area contributed by atoms with Gasteiger partial charge < -0.3 is 15.8 Å². The maximum atomic E-state index is 14.2. The van der Waals surface area contributed by atoms with E-state index < -0.39 is 5.82 Å². The monoisotopic (exact) mass is 605 g/mol. The molecule has 0 aliphatic carbocycles. The minimum atomic E-state index is -0.391. The summed E-state index contributed by atoms with van der Waals surface area (Å²) in [6, 6.07) is 18.2. The molecule has 0 spiro atoms. The largest absolute Gasteiger partial charge is 0.495 e. The summed E-state index contributed by atoms with van der Waals surface area (Å²) in [5.74, 6) is -0.502. The molecule has 1 aliphatic rings. The summed E-state index contributed by atoms with van der Waals surface area (Å²) in [6.07, 6.45) is 1.64. The zero-order chi connectivity index (χ0) is 31.2. The van der Waals surface area contributed by atoms with Crippen LogP contribution in [0.3, 0.4) is 0 Å². The summed E-state index contributed by atoms with van der Waals surface area (Å²) in [6.45, 7) is 11.1. The van der Waals surface area contributed by atoms with Crippen LogP contribution in [0, 0.1) is 34.3 Å². The van der Waals surface area contributed by atoms with Gasteiger partial charge in [0.2, 0.25) is 0 Å². The minimum absolute atomic E-state index is 0.100. The van der Waals surface area contributed by atoms with Crippen molar-refractivity contribution in [1.82, 2.24) is 5.32 Å². The number of nitrogens with one attached hydrogen (secondary N) is 1. The second-order valence-corrected chi connectivity index (χ2v) is 11.1. The van der Waals surface area contributed by atoms with Crippen molar-refractivity contribution in [2.24, 2.45) is 11.3 Å².